The van der Waals surface area contributed by atoms with Crippen LogP contribution < -0.4 is 9.47 Å². The molecule has 0 aromatic carbocycles. The number of aromatic nitrogens is 11. The van der Waals surface area contributed by atoms with Gasteiger partial charge in [-0.15, -0.1) is 0 Å². The summed E-state index contributed by atoms with van der Waals surface area (Å²) >= 11 is 21.5. The Hall–Kier alpha value is -2.47. The number of aryl methyl sites for hydroxylation is 3. The van der Waals surface area contributed by atoms with Gasteiger partial charge in [-0.25, -0.2) is 19.9 Å². The van der Waals surface area contributed by atoms with Crippen molar-refractivity contribution in [3.8, 4) is 11.8 Å². The first-order chi connectivity index (χ1) is 37.9. The van der Waals surface area contributed by atoms with Gasteiger partial charge in [0.1, 0.15) is 28.0 Å². The Morgan fingerprint density at radius 1 is 0.600 bits per heavy atom. The molecule has 5 aliphatic rings. The Balaban J connectivity index is 0.000000198. The Kier molecular flexibility index (Phi) is 27.7. The minimum Gasteiger partial charge on any atom is -0.474 e. The van der Waals surface area contributed by atoms with Crippen LogP contribution in [0.2, 0.25) is 15.7 Å². The van der Waals surface area contributed by atoms with E-state index in [0.717, 1.165) is 189 Å². The van der Waals surface area contributed by atoms with Gasteiger partial charge in [0, 0.05) is 137 Å². The Morgan fingerprint density at radius 2 is 1.02 bits per heavy atom. The summed E-state index contributed by atoms with van der Waals surface area (Å²) in [6.07, 6.45) is 15.5. The van der Waals surface area contributed by atoms with Crippen molar-refractivity contribution in [2.24, 2.45) is 0 Å². The van der Waals surface area contributed by atoms with Crippen molar-refractivity contribution in [2.75, 3.05) is 65.8 Å². The van der Waals surface area contributed by atoms with Gasteiger partial charge in [0.15, 0.2) is 9.66 Å². The molecule has 11 radical (unpaired) electrons. The van der Waals surface area contributed by atoms with Gasteiger partial charge in [-0.05, 0) is 148 Å². The van der Waals surface area contributed by atoms with Gasteiger partial charge >= 0.3 is 0 Å². The van der Waals surface area contributed by atoms with Crippen molar-refractivity contribution in [1.82, 2.24) is 62.6 Å². The fourth-order valence-corrected chi connectivity index (χ4v) is 13.3. The molecule has 2 saturated carbocycles. The number of ether oxygens (including phenoxy) is 5. The maximum atomic E-state index is 6.56. The molecule has 12 rings (SSSR count). The number of nitrogens with zero attached hydrogens (tertiary/aromatic N) is 13. The minimum absolute atomic E-state index is 0. The van der Waals surface area contributed by atoms with Gasteiger partial charge in [-0.2, -0.15) is 28.2 Å². The van der Waals surface area contributed by atoms with Crippen LogP contribution in [-0.2, 0) is 41.7 Å². The maximum absolute atomic E-state index is 6.56. The molecule has 18 nitrogen and oxygen atoms in total. The first-order valence-corrected chi connectivity index (χ1v) is 29.7. The Bertz CT molecular complexity index is 2980. The molecule has 7 aromatic heterocycles. The van der Waals surface area contributed by atoms with Crippen LogP contribution in [0.5, 0.6) is 11.8 Å². The van der Waals surface area contributed by atoms with Crippen molar-refractivity contribution in [3.63, 3.8) is 0 Å². The van der Waals surface area contributed by atoms with Crippen LogP contribution in [0.3, 0.4) is 0 Å². The second kappa shape index (κ2) is 33.3. The van der Waals surface area contributed by atoms with E-state index in [9.17, 15) is 0 Å². The van der Waals surface area contributed by atoms with Gasteiger partial charge in [-0.1, -0.05) is 11.6 Å². The predicted molar refractivity (Wildman–Crippen MR) is 324 cm³/mol. The van der Waals surface area contributed by atoms with E-state index in [-0.39, 0.29) is 51.3 Å². The number of rotatable bonds is 10. The summed E-state index contributed by atoms with van der Waals surface area (Å²) < 4.78 is 44.3. The number of hydrogen-bond acceptors (Lipinski definition) is 20. The summed E-state index contributed by atoms with van der Waals surface area (Å²) in [6.45, 7) is 15.1. The summed E-state index contributed by atoms with van der Waals surface area (Å²) in [5.74, 6) is 2.05. The Labute approximate surface area is 518 Å². The molecule has 2 aliphatic carbocycles. The summed E-state index contributed by atoms with van der Waals surface area (Å²) in [5, 5.41) is 8.04. The number of halogens is 3. The molecular weight excluding hydrogens is 1300 g/mol. The van der Waals surface area contributed by atoms with Gasteiger partial charge in [-0.3, -0.25) is 14.5 Å². The molecule has 0 unspecified atom stereocenters. The SMILES string of the molecule is Cc1nsc2nc(Cc3cnn(C4CCOCC4)c3)nc(OC3CCC(N4CCOCC4)CC3)c12.Cc1nsc2nc(Cl)nc(Cl)c12.Cc1nsc2nc(Cl)nc(OC3CCC(N4CCOCC4)CC3)c12.[B][B].[B][B]B([B])[B].[CH3-].[W]. The molecule has 0 spiro atoms. The summed E-state index contributed by atoms with van der Waals surface area (Å²) in [5.41, 5.74) is 3.82. The zero-order valence-electron chi connectivity index (χ0n) is 45.6. The van der Waals surface area contributed by atoms with Crippen LogP contribution in [-0.4, -0.2) is 205 Å². The van der Waals surface area contributed by atoms with Crippen LogP contribution in [0.4, 0.5) is 0 Å². The van der Waals surface area contributed by atoms with E-state index in [1.807, 2.05) is 27.0 Å². The number of hydrogen-bond donors (Lipinski definition) is 0. The molecule has 7 aromatic rings. The van der Waals surface area contributed by atoms with E-state index in [2.05, 4.69) is 74.3 Å². The van der Waals surface area contributed by atoms with Crippen molar-refractivity contribution in [2.45, 2.75) is 122 Å². The molecule has 0 bridgehead atoms. The van der Waals surface area contributed by atoms with E-state index in [1.54, 1.807) is 0 Å². The molecule has 415 valence electrons. The molecule has 80 heavy (non-hydrogen) atoms. The molecule has 0 amide bonds. The van der Waals surface area contributed by atoms with Crippen molar-refractivity contribution < 1.29 is 44.7 Å². The molecule has 0 N–H and O–H groups in total. The third-order valence-corrected chi connectivity index (χ3v) is 17.3. The fraction of sp³-hybridized carbons (Fsp3) is 0.604. The van der Waals surface area contributed by atoms with Crippen LogP contribution in [0.15, 0.2) is 12.4 Å². The van der Waals surface area contributed by atoms with Crippen molar-refractivity contribution >= 4 is 152 Å². The number of fused-ring (bicyclic) bond motifs is 3. The first-order valence-electron chi connectivity index (χ1n) is 26.2. The largest absolute Gasteiger partial charge is 0.474 e. The molecule has 0 atom stereocenters. The van der Waals surface area contributed by atoms with Crippen LogP contribution in [0, 0.1) is 28.2 Å². The van der Waals surface area contributed by atoms with Crippen molar-refractivity contribution in [3.05, 3.63) is 64.0 Å². The zero-order chi connectivity index (χ0) is 55.1. The molecular formula is C48H61B7Cl3N13O5S3W-. The van der Waals surface area contributed by atoms with E-state index in [4.69, 9.17) is 91.7 Å². The smallest absolute Gasteiger partial charge is 0.228 e. The monoisotopic (exact) mass is 1360 g/mol. The van der Waals surface area contributed by atoms with E-state index in [0.29, 0.717) is 41.5 Å². The van der Waals surface area contributed by atoms with Crippen molar-refractivity contribution in [1.29, 1.82) is 0 Å². The average Bonchev–Trinajstić information content (AvgIpc) is 4.30. The normalized spacial score (nSPS) is 20.7. The predicted octanol–water partition coefficient (Wildman–Crippen LogP) is 7.11. The maximum Gasteiger partial charge on any atom is 0.228 e. The van der Waals surface area contributed by atoms with Crippen LogP contribution in [0.25, 0.3) is 30.6 Å². The second-order valence-electron chi connectivity index (χ2n) is 19.4. The third-order valence-electron chi connectivity index (χ3n) is 14.2. The third kappa shape index (κ3) is 18.3. The van der Waals surface area contributed by atoms with Crippen LogP contribution >= 0.6 is 69.4 Å². The quantitative estimate of drug-likeness (QED) is 0.0583. The molecule has 5 fully saturated rings. The van der Waals surface area contributed by atoms with Gasteiger partial charge in [0.05, 0.1) is 71.9 Å². The fourth-order valence-electron chi connectivity index (χ4n) is 10.1. The van der Waals surface area contributed by atoms with Crippen LogP contribution in [0.1, 0.15) is 98.7 Å². The summed E-state index contributed by atoms with van der Waals surface area (Å²) in [6, 6.07) is 1.72. The van der Waals surface area contributed by atoms with Gasteiger partial charge in [0.2, 0.25) is 22.3 Å². The molecule has 32 heteroatoms. The molecule has 10 heterocycles. The summed E-state index contributed by atoms with van der Waals surface area (Å²) in [4.78, 5) is 33.7. The van der Waals surface area contributed by atoms with Gasteiger partial charge < -0.3 is 31.1 Å². The van der Waals surface area contributed by atoms with E-state index in [1.165, 1.54) is 41.7 Å². The van der Waals surface area contributed by atoms with Gasteiger partial charge in [0.25, 0.3) is 0 Å². The standard InChI is InChI=1S/C25H34N6O3S.C16H21ClN4O2S.C6H3Cl2N3S.CH3.B5.B2.W/c1-17-23-24(34-21-4-2-19(3-5-21)30-8-12-33-13-9-30)27-22(28-25(23)35-29-17)14-18-15-26-31(16-18)20-6-10-32-11-7-20;1-10-13-14(18-16(17)19-15(13)24-20-10)23-12-4-2-11(3-5-12)21-6-8-22-9-7-21;1-2-3-4(7)9-6(8)10-5(3)12-11-2;;1-4-5(2)3;1-2;/h15-16,19-21H,2-14H2,1H3;11-12H,2-9H2,1H3;1H3;1H3;;;/q;;;-1;;;. The Morgan fingerprint density at radius 3 is 1.51 bits per heavy atom. The molecule has 3 saturated heterocycles. The topological polar surface area (TPSA) is 186 Å². The summed E-state index contributed by atoms with van der Waals surface area (Å²) in [7, 11) is 23.8. The number of morpholine rings is 2. The van der Waals surface area contributed by atoms with E-state index < -0.39 is 6.39 Å². The van der Waals surface area contributed by atoms with E-state index >= 15 is 0 Å². The first kappa shape index (κ1) is 66.7. The average molecular weight is 1360 g/mol. The molecule has 3 aliphatic heterocycles. The minimum atomic E-state index is -0.463. The second-order valence-corrected chi connectivity index (χ2v) is 22.7. The zero-order valence-corrected chi connectivity index (χ0v) is 53.2.